The Labute approximate surface area is 211 Å². The third kappa shape index (κ3) is 7.45. The molecule has 0 bridgehead atoms. The number of hydrogen-bond donors (Lipinski definition) is 5. The van der Waals surface area contributed by atoms with Gasteiger partial charge in [0.25, 0.3) is 5.91 Å². The molecule has 2 aromatic rings. The lowest BCUT2D eigenvalue weighted by atomic mass is 10.0. The average Bonchev–Trinajstić information content (AvgIpc) is 3.24. The number of anilines is 1. The molecule has 2 unspecified atom stereocenters. The highest BCUT2D eigenvalue weighted by Crippen LogP contribution is 2.19. The fraction of sp³-hybridized carbons (Fsp3) is 0.385. The number of hydrogen-bond acceptors (Lipinski definition) is 6. The van der Waals surface area contributed by atoms with Crippen LogP contribution in [0.1, 0.15) is 39.9 Å². The number of carboxylic acid groups (broad SMARTS) is 1. The van der Waals surface area contributed by atoms with Gasteiger partial charge < -0.3 is 21.1 Å². The lowest BCUT2D eigenvalue weighted by Crippen LogP contribution is -2.41. The van der Waals surface area contributed by atoms with Crippen molar-refractivity contribution in [3.63, 3.8) is 0 Å². The van der Waals surface area contributed by atoms with Crippen LogP contribution in [0.5, 0.6) is 0 Å². The Morgan fingerprint density at radius 1 is 1.24 bits per heavy atom. The fourth-order valence-electron chi connectivity index (χ4n) is 3.65. The number of amides is 1. The van der Waals surface area contributed by atoms with Gasteiger partial charge in [0.2, 0.25) is 0 Å². The van der Waals surface area contributed by atoms with E-state index in [0.717, 1.165) is 29.8 Å². The molecule has 1 amide bonds. The Bertz CT molecular complexity index is 1060. The van der Waals surface area contributed by atoms with Crippen LogP contribution in [0.25, 0.3) is 0 Å². The van der Waals surface area contributed by atoms with Crippen LogP contribution in [0.2, 0.25) is 0 Å². The van der Waals surface area contributed by atoms with Crippen molar-refractivity contribution in [3.8, 4) is 11.8 Å². The molecule has 3 rings (SSSR count). The number of carbonyl (C=O) groups is 2. The molecule has 180 valence electrons. The number of nitrogens with one attached hydrogen (secondary N) is 3. The van der Waals surface area contributed by atoms with E-state index in [1.54, 1.807) is 17.8 Å². The van der Waals surface area contributed by atoms with Gasteiger partial charge in [-0.25, -0.2) is 4.79 Å². The summed E-state index contributed by atoms with van der Waals surface area (Å²) < 4.78 is 0. The maximum atomic E-state index is 13.0. The Morgan fingerprint density at radius 3 is 2.65 bits per heavy atom. The summed E-state index contributed by atoms with van der Waals surface area (Å²) in [6.07, 6.45) is 3.29. The van der Waals surface area contributed by atoms with Crippen molar-refractivity contribution in [1.29, 1.82) is 0 Å². The van der Waals surface area contributed by atoms with Crippen LogP contribution in [-0.4, -0.2) is 59.4 Å². The molecule has 0 radical (unpaired) electrons. The number of thioether (sulfide) groups is 1. The molecule has 1 fully saturated rings. The number of carbonyl (C=O) groups excluding carboxylic acids is 1. The Balaban J connectivity index is 1.85. The number of aliphatic carboxylic acids is 1. The van der Waals surface area contributed by atoms with E-state index < -0.39 is 17.9 Å². The SMILES string of the molecule is CSCC[C@H](NC(=O)c1ccc(NCC2NCCC2S)cc1C#Cc1ccc(C)cc1)C(=O)O. The van der Waals surface area contributed by atoms with Crippen molar-refractivity contribution in [2.24, 2.45) is 0 Å². The Kier molecular flexibility index (Phi) is 9.75. The second-order valence-electron chi connectivity index (χ2n) is 8.32. The molecule has 4 N–H and O–H groups in total. The van der Waals surface area contributed by atoms with E-state index in [-0.39, 0.29) is 6.04 Å². The van der Waals surface area contributed by atoms with Crippen molar-refractivity contribution in [2.45, 2.75) is 37.1 Å². The normalized spacial score (nSPS) is 18.0. The topological polar surface area (TPSA) is 90.5 Å². The number of aryl methyl sites for hydroxylation is 1. The average molecular weight is 498 g/mol. The van der Waals surface area contributed by atoms with Gasteiger partial charge in [-0.2, -0.15) is 24.4 Å². The van der Waals surface area contributed by atoms with Crippen LogP contribution in [0, 0.1) is 18.8 Å². The van der Waals surface area contributed by atoms with Gasteiger partial charge in [-0.3, -0.25) is 4.79 Å². The lowest BCUT2D eigenvalue weighted by Gasteiger charge is -2.18. The van der Waals surface area contributed by atoms with E-state index in [9.17, 15) is 14.7 Å². The zero-order valence-electron chi connectivity index (χ0n) is 19.4. The minimum atomic E-state index is -1.04. The van der Waals surface area contributed by atoms with Gasteiger partial charge in [0.15, 0.2) is 0 Å². The molecule has 8 heteroatoms. The van der Waals surface area contributed by atoms with E-state index >= 15 is 0 Å². The second kappa shape index (κ2) is 12.7. The van der Waals surface area contributed by atoms with Gasteiger partial charge in [0.05, 0.1) is 5.56 Å². The lowest BCUT2D eigenvalue weighted by molar-refractivity contribution is -0.139. The first kappa shape index (κ1) is 26.0. The van der Waals surface area contributed by atoms with E-state index in [1.807, 2.05) is 49.6 Å². The Hall–Kier alpha value is -2.60. The molecule has 3 atom stereocenters. The van der Waals surface area contributed by atoms with E-state index in [2.05, 4.69) is 40.4 Å². The second-order valence-corrected chi connectivity index (χ2v) is 9.97. The van der Waals surface area contributed by atoms with Crippen LogP contribution in [-0.2, 0) is 4.79 Å². The first-order valence-corrected chi connectivity index (χ1v) is 13.2. The molecule has 0 spiro atoms. The molecular formula is C26H31N3O3S2. The van der Waals surface area contributed by atoms with Gasteiger partial charge in [0, 0.05) is 34.7 Å². The van der Waals surface area contributed by atoms with Gasteiger partial charge in [-0.1, -0.05) is 29.5 Å². The molecule has 1 heterocycles. The molecular weight excluding hydrogens is 466 g/mol. The van der Waals surface area contributed by atoms with Crippen molar-refractivity contribution >= 4 is 42.0 Å². The summed E-state index contributed by atoms with van der Waals surface area (Å²) >= 11 is 6.17. The molecule has 1 saturated heterocycles. The van der Waals surface area contributed by atoms with E-state index in [4.69, 9.17) is 0 Å². The minimum absolute atomic E-state index is 0.265. The summed E-state index contributed by atoms with van der Waals surface area (Å²) in [7, 11) is 0. The summed E-state index contributed by atoms with van der Waals surface area (Å²) in [5.74, 6) is 5.40. The molecule has 2 aromatic carbocycles. The smallest absolute Gasteiger partial charge is 0.326 e. The molecule has 1 aliphatic rings. The molecule has 1 aliphatic heterocycles. The number of rotatable bonds is 9. The molecule has 34 heavy (non-hydrogen) atoms. The third-order valence-electron chi connectivity index (χ3n) is 5.71. The van der Waals surface area contributed by atoms with Crippen LogP contribution in [0.4, 0.5) is 5.69 Å². The third-order valence-corrected chi connectivity index (χ3v) is 6.97. The fourth-order valence-corrected chi connectivity index (χ4v) is 4.46. The number of carboxylic acids is 1. The largest absolute Gasteiger partial charge is 0.480 e. The summed E-state index contributed by atoms with van der Waals surface area (Å²) in [5.41, 5.74) is 3.72. The zero-order valence-corrected chi connectivity index (χ0v) is 21.1. The molecule has 0 aromatic heterocycles. The highest BCUT2D eigenvalue weighted by Gasteiger charge is 2.24. The standard InChI is InChI=1S/C26H31N3O3S2/c1-17-3-5-18(6-4-17)7-8-19-15-20(28-16-23-24(33)11-13-27-23)9-10-21(19)25(30)29-22(26(31)32)12-14-34-2/h3-6,9-10,15,22-24,27-28,33H,11-14,16H2,1-2H3,(H,29,30)(H,31,32)/t22-,23?,24?/m0/s1. The summed E-state index contributed by atoms with van der Waals surface area (Å²) in [6, 6.07) is 12.5. The molecule has 0 saturated carbocycles. The minimum Gasteiger partial charge on any atom is -0.480 e. The van der Waals surface area contributed by atoms with Crippen LogP contribution in [0.15, 0.2) is 42.5 Å². The maximum Gasteiger partial charge on any atom is 0.326 e. The van der Waals surface area contributed by atoms with Gasteiger partial charge >= 0.3 is 5.97 Å². The van der Waals surface area contributed by atoms with Crippen molar-refractivity contribution in [3.05, 3.63) is 64.7 Å². The first-order valence-electron chi connectivity index (χ1n) is 11.3. The van der Waals surface area contributed by atoms with E-state index in [0.29, 0.717) is 35.1 Å². The summed E-state index contributed by atoms with van der Waals surface area (Å²) in [5, 5.41) is 19.3. The molecule has 0 aliphatic carbocycles. The summed E-state index contributed by atoms with van der Waals surface area (Å²) in [6.45, 7) is 3.67. The summed E-state index contributed by atoms with van der Waals surface area (Å²) in [4.78, 5) is 24.6. The predicted molar refractivity (Wildman–Crippen MR) is 143 cm³/mol. The van der Waals surface area contributed by atoms with Crippen LogP contribution >= 0.6 is 24.4 Å². The van der Waals surface area contributed by atoms with Crippen LogP contribution < -0.4 is 16.0 Å². The first-order chi connectivity index (χ1) is 16.4. The zero-order chi connectivity index (χ0) is 24.5. The monoisotopic (exact) mass is 497 g/mol. The highest BCUT2D eigenvalue weighted by molar-refractivity contribution is 7.98. The quantitative estimate of drug-likeness (QED) is 0.270. The Morgan fingerprint density at radius 2 is 2.00 bits per heavy atom. The molecule has 6 nitrogen and oxygen atoms in total. The van der Waals surface area contributed by atoms with Crippen molar-refractivity contribution < 1.29 is 14.7 Å². The van der Waals surface area contributed by atoms with Crippen LogP contribution in [0.3, 0.4) is 0 Å². The maximum absolute atomic E-state index is 13.0. The number of thiol groups is 1. The predicted octanol–water partition coefficient (Wildman–Crippen LogP) is 3.40. The van der Waals surface area contributed by atoms with Gasteiger partial charge in [-0.15, -0.1) is 0 Å². The van der Waals surface area contributed by atoms with E-state index in [1.165, 1.54) is 0 Å². The number of benzene rings is 2. The van der Waals surface area contributed by atoms with Crippen molar-refractivity contribution in [2.75, 3.05) is 30.4 Å². The van der Waals surface area contributed by atoms with Gasteiger partial charge in [0.1, 0.15) is 6.04 Å². The highest BCUT2D eigenvalue weighted by atomic mass is 32.2. The van der Waals surface area contributed by atoms with Gasteiger partial charge in [-0.05, 0) is 68.7 Å². The van der Waals surface area contributed by atoms with Crippen molar-refractivity contribution in [1.82, 2.24) is 10.6 Å².